The molecule has 0 saturated heterocycles. The lowest BCUT2D eigenvalue weighted by atomic mass is 10.1. The molecule has 0 aromatic carbocycles. The SMILES string of the molecule is CCCOCCC(C)CC.Cc1ccc(C#N)cn1. The van der Waals surface area contributed by atoms with Crippen LogP contribution in [-0.4, -0.2) is 18.2 Å². The average Bonchev–Trinajstić information content (AvgIpc) is 2.45. The first-order chi connectivity index (χ1) is 9.13. The van der Waals surface area contributed by atoms with Crippen molar-refractivity contribution in [2.24, 2.45) is 5.92 Å². The van der Waals surface area contributed by atoms with Crippen LogP contribution in [0.1, 0.15) is 51.3 Å². The first kappa shape index (κ1) is 17.6. The van der Waals surface area contributed by atoms with Crippen LogP contribution < -0.4 is 0 Å². The summed E-state index contributed by atoms with van der Waals surface area (Å²) in [5.41, 5.74) is 1.55. The zero-order valence-corrected chi connectivity index (χ0v) is 12.6. The lowest BCUT2D eigenvalue weighted by Crippen LogP contribution is -2.01. The van der Waals surface area contributed by atoms with Gasteiger partial charge >= 0.3 is 0 Å². The highest BCUT2D eigenvalue weighted by atomic mass is 16.5. The zero-order chi connectivity index (χ0) is 14.5. The van der Waals surface area contributed by atoms with Gasteiger partial charge in [-0.1, -0.05) is 27.2 Å². The predicted octanol–water partition coefficient (Wildman–Crippen LogP) is 4.11. The molecule has 1 unspecified atom stereocenters. The molecule has 3 heteroatoms. The van der Waals surface area contributed by atoms with E-state index in [2.05, 4.69) is 25.8 Å². The van der Waals surface area contributed by atoms with Crippen LogP contribution in [0.3, 0.4) is 0 Å². The Morgan fingerprint density at radius 3 is 2.53 bits per heavy atom. The van der Waals surface area contributed by atoms with Crippen molar-refractivity contribution in [3.63, 3.8) is 0 Å². The highest BCUT2D eigenvalue weighted by Gasteiger charge is 1.96. The van der Waals surface area contributed by atoms with Crippen LogP contribution in [0.5, 0.6) is 0 Å². The van der Waals surface area contributed by atoms with Crippen molar-refractivity contribution in [3.05, 3.63) is 29.6 Å². The number of ether oxygens (including phenoxy) is 1. The van der Waals surface area contributed by atoms with Gasteiger partial charge in [0.25, 0.3) is 0 Å². The van der Waals surface area contributed by atoms with E-state index in [-0.39, 0.29) is 0 Å². The summed E-state index contributed by atoms with van der Waals surface area (Å²) in [6.45, 7) is 10.4. The molecule has 106 valence electrons. The first-order valence-electron chi connectivity index (χ1n) is 7.04. The van der Waals surface area contributed by atoms with Crippen molar-refractivity contribution in [1.82, 2.24) is 4.98 Å². The van der Waals surface area contributed by atoms with E-state index in [4.69, 9.17) is 10.00 Å². The zero-order valence-electron chi connectivity index (χ0n) is 12.6. The maximum Gasteiger partial charge on any atom is 0.101 e. The molecule has 1 rings (SSSR count). The van der Waals surface area contributed by atoms with E-state index >= 15 is 0 Å². The second-order valence-electron chi connectivity index (χ2n) is 4.71. The van der Waals surface area contributed by atoms with E-state index in [1.165, 1.54) is 12.8 Å². The third kappa shape index (κ3) is 10.2. The van der Waals surface area contributed by atoms with Gasteiger partial charge in [0.15, 0.2) is 0 Å². The molecule has 0 bridgehead atoms. The average molecular weight is 262 g/mol. The normalized spacial score (nSPS) is 11.1. The molecule has 1 aromatic heterocycles. The van der Waals surface area contributed by atoms with Gasteiger partial charge in [0.1, 0.15) is 6.07 Å². The first-order valence-corrected chi connectivity index (χ1v) is 7.04. The Morgan fingerprint density at radius 1 is 1.32 bits per heavy atom. The van der Waals surface area contributed by atoms with Crippen molar-refractivity contribution >= 4 is 0 Å². The number of aryl methyl sites for hydroxylation is 1. The van der Waals surface area contributed by atoms with Crippen molar-refractivity contribution in [1.29, 1.82) is 5.26 Å². The van der Waals surface area contributed by atoms with Gasteiger partial charge in [-0.2, -0.15) is 5.26 Å². The summed E-state index contributed by atoms with van der Waals surface area (Å²) in [7, 11) is 0. The van der Waals surface area contributed by atoms with Gasteiger partial charge in [0, 0.05) is 25.1 Å². The van der Waals surface area contributed by atoms with Gasteiger partial charge in [-0.05, 0) is 37.8 Å². The molecule has 3 nitrogen and oxygen atoms in total. The molecule has 0 aliphatic carbocycles. The molecule has 0 N–H and O–H groups in total. The summed E-state index contributed by atoms with van der Waals surface area (Å²) in [6.07, 6.45) is 5.20. The smallest absolute Gasteiger partial charge is 0.101 e. The Morgan fingerprint density at radius 2 is 2.05 bits per heavy atom. The van der Waals surface area contributed by atoms with E-state index < -0.39 is 0 Å². The van der Waals surface area contributed by atoms with Crippen LogP contribution in [0.2, 0.25) is 0 Å². The molecule has 0 saturated carbocycles. The fourth-order valence-corrected chi connectivity index (χ4v) is 1.27. The monoisotopic (exact) mass is 262 g/mol. The molecule has 0 amide bonds. The topological polar surface area (TPSA) is 45.9 Å². The fourth-order valence-electron chi connectivity index (χ4n) is 1.27. The van der Waals surface area contributed by atoms with Crippen LogP contribution in [0.15, 0.2) is 18.3 Å². The maximum absolute atomic E-state index is 8.34. The van der Waals surface area contributed by atoms with Crippen molar-refractivity contribution in [2.75, 3.05) is 13.2 Å². The second kappa shape index (κ2) is 11.7. The molecular formula is C16H26N2O. The molecule has 19 heavy (non-hydrogen) atoms. The standard InChI is InChI=1S/C9H20O.C7H6N2/c1-4-7-10-8-6-9(3)5-2;1-6-2-3-7(4-8)5-9-6/h9H,4-8H2,1-3H3;2-3,5H,1H3. The Hall–Kier alpha value is -1.40. The number of nitriles is 1. The number of hydrogen-bond donors (Lipinski definition) is 0. The van der Waals surface area contributed by atoms with Crippen molar-refractivity contribution in [2.45, 2.75) is 47.0 Å². The van der Waals surface area contributed by atoms with Gasteiger partial charge in [0.05, 0.1) is 5.56 Å². The number of aromatic nitrogens is 1. The van der Waals surface area contributed by atoms with Gasteiger partial charge in [-0.25, -0.2) is 0 Å². The fraction of sp³-hybridized carbons (Fsp3) is 0.625. The molecule has 1 aromatic rings. The third-order valence-corrected chi connectivity index (χ3v) is 2.84. The van der Waals surface area contributed by atoms with Gasteiger partial charge in [0.2, 0.25) is 0 Å². The van der Waals surface area contributed by atoms with Crippen LogP contribution in [0.25, 0.3) is 0 Å². The Kier molecular flexibility index (Phi) is 10.8. The molecular weight excluding hydrogens is 236 g/mol. The van der Waals surface area contributed by atoms with Crippen LogP contribution in [0, 0.1) is 24.2 Å². The van der Waals surface area contributed by atoms with Crippen LogP contribution in [-0.2, 0) is 4.74 Å². The third-order valence-electron chi connectivity index (χ3n) is 2.84. The summed E-state index contributed by atoms with van der Waals surface area (Å²) in [4.78, 5) is 3.93. The summed E-state index contributed by atoms with van der Waals surface area (Å²) in [5, 5.41) is 8.34. The van der Waals surface area contributed by atoms with E-state index in [1.807, 2.05) is 19.1 Å². The van der Waals surface area contributed by atoms with Gasteiger partial charge < -0.3 is 4.74 Å². The number of hydrogen-bond acceptors (Lipinski definition) is 3. The van der Waals surface area contributed by atoms with Crippen LogP contribution in [0.4, 0.5) is 0 Å². The summed E-state index contributed by atoms with van der Waals surface area (Å²) < 4.78 is 5.36. The van der Waals surface area contributed by atoms with Gasteiger partial charge in [-0.15, -0.1) is 0 Å². The molecule has 1 heterocycles. The second-order valence-corrected chi connectivity index (χ2v) is 4.71. The minimum Gasteiger partial charge on any atom is -0.381 e. The van der Waals surface area contributed by atoms with E-state index in [0.29, 0.717) is 5.56 Å². The Labute approximate surface area is 117 Å². The summed E-state index contributed by atoms with van der Waals surface area (Å²) in [5.74, 6) is 0.830. The number of pyridine rings is 1. The highest BCUT2D eigenvalue weighted by molar-refractivity contribution is 5.25. The number of nitrogens with zero attached hydrogens (tertiary/aromatic N) is 2. The highest BCUT2D eigenvalue weighted by Crippen LogP contribution is 2.05. The number of rotatable bonds is 6. The molecule has 1 atom stereocenters. The quantitative estimate of drug-likeness (QED) is 0.725. The molecule has 0 fully saturated rings. The molecule has 0 spiro atoms. The summed E-state index contributed by atoms with van der Waals surface area (Å²) >= 11 is 0. The Balaban J connectivity index is 0.000000342. The molecule has 0 radical (unpaired) electrons. The van der Waals surface area contributed by atoms with Crippen molar-refractivity contribution in [3.8, 4) is 6.07 Å². The lowest BCUT2D eigenvalue weighted by molar-refractivity contribution is 0.122. The van der Waals surface area contributed by atoms with E-state index in [9.17, 15) is 0 Å². The molecule has 0 aliphatic heterocycles. The maximum atomic E-state index is 8.34. The lowest BCUT2D eigenvalue weighted by Gasteiger charge is -2.07. The minimum absolute atomic E-state index is 0.612. The minimum atomic E-state index is 0.612. The molecule has 0 aliphatic rings. The van der Waals surface area contributed by atoms with Gasteiger partial charge in [-0.3, -0.25) is 4.98 Å². The van der Waals surface area contributed by atoms with E-state index in [0.717, 1.165) is 31.2 Å². The van der Waals surface area contributed by atoms with E-state index in [1.54, 1.807) is 12.3 Å². The summed E-state index contributed by atoms with van der Waals surface area (Å²) in [6, 6.07) is 5.56. The van der Waals surface area contributed by atoms with Crippen LogP contribution >= 0.6 is 0 Å². The largest absolute Gasteiger partial charge is 0.381 e. The Bertz CT molecular complexity index is 354. The predicted molar refractivity (Wildman–Crippen MR) is 78.9 cm³/mol. The van der Waals surface area contributed by atoms with Crippen molar-refractivity contribution < 1.29 is 4.74 Å².